The van der Waals surface area contributed by atoms with Crippen molar-refractivity contribution in [3.05, 3.63) is 30.1 Å². The minimum Gasteiger partial charge on any atom is -0.391 e. The fourth-order valence-electron chi connectivity index (χ4n) is 1.54. The molecule has 90 valence electrons. The van der Waals surface area contributed by atoms with E-state index in [4.69, 9.17) is 0 Å². The van der Waals surface area contributed by atoms with E-state index >= 15 is 0 Å². The monoisotopic (exact) mass is 225 g/mol. The summed E-state index contributed by atoms with van der Waals surface area (Å²) in [5, 5.41) is 9.82. The molecule has 0 aromatic heterocycles. The Kier molecular flexibility index (Phi) is 4.74. The highest BCUT2D eigenvalue weighted by Gasteiger charge is 2.16. The maximum absolute atomic E-state index is 13.6. The summed E-state index contributed by atoms with van der Waals surface area (Å²) in [5.74, 6) is -0.0545. The Labute approximate surface area is 96.7 Å². The predicted molar refractivity (Wildman–Crippen MR) is 65.1 cm³/mol. The number of aliphatic hydroxyl groups excluding tert-OH is 1. The van der Waals surface area contributed by atoms with E-state index in [0.717, 1.165) is 0 Å². The summed E-state index contributed by atoms with van der Waals surface area (Å²) < 4.78 is 13.6. The lowest BCUT2D eigenvalue weighted by Crippen LogP contribution is -2.35. The largest absolute Gasteiger partial charge is 0.391 e. The first kappa shape index (κ1) is 13.0. The predicted octanol–water partition coefficient (Wildman–Crippen LogP) is 2.67. The zero-order chi connectivity index (χ0) is 12.1. The summed E-state index contributed by atoms with van der Waals surface area (Å²) in [7, 11) is 0. The van der Waals surface area contributed by atoms with E-state index in [1.54, 1.807) is 12.1 Å². The van der Waals surface area contributed by atoms with Crippen molar-refractivity contribution in [2.75, 3.05) is 18.0 Å². The van der Waals surface area contributed by atoms with Gasteiger partial charge in [-0.05, 0) is 25.0 Å². The summed E-state index contributed by atoms with van der Waals surface area (Å²) in [6.07, 6.45) is -0.431. The van der Waals surface area contributed by atoms with Crippen LogP contribution in [0.1, 0.15) is 20.8 Å². The van der Waals surface area contributed by atoms with Crippen molar-refractivity contribution < 1.29 is 9.50 Å². The molecule has 0 aliphatic heterocycles. The molecule has 1 atom stereocenters. The van der Waals surface area contributed by atoms with Gasteiger partial charge in [-0.1, -0.05) is 26.0 Å². The zero-order valence-corrected chi connectivity index (χ0v) is 10.2. The van der Waals surface area contributed by atoms with Gasteiger partial charge in [-0.2, -0.15) is 0 Å². The number of anilines is 1. The molecular formula is C13H20FNO. The zero-order valence-electron chi connectivity index (χ0n) is 10.2. The Balaban J connectivity index is 2.79. The van der Waals surface area contributed by atoms with Gasteiger partial charge in [0.2, 0.25) is 0 Å². The highest BCUT2D eigenvalue weighted by molar-refractivity contribution is 5.47. The van der Waals surface area contributed by atoms with Crippen molar-refractivity contribution >= 4 is 5.69 Å². The van der Waals surface area contributed by atoms with Gasteiger partial charge in [0.25, 0.3) is 0 Å². The van der Waals surface area contributed by atoms with E-state index in [1.807, 2.05) is 31.7 Å². The van der Waals surface area contributed by atoms with E-state index in [-0.39, 0.29) is 11.7 Å². The maximum atomic E-state index is 13.6. The van der Waals surface area contributed by atoms with Crippen LogP contribution in [0, 0.1) is 11.7 Å². The van der Waals surface area contributed by atoms with E-state index in [2.05, 4.69) is 0 Å². The Morgan fingerprint density at radius 1 is 1.31 bits per heavy atom. The molecule has 1 rings (SSSR count). The number of benzene rings is 1. The average molecular weight is 225 g/mol. The highest BCUT2D eigenvalue weighted by Crippen LogP contribution is 2.19. The molecule has 0 aliphatic rings. The molecule has 0 radical (unpaired) electrons. The Morgan fingerprint density at radius 2 is 1.94 bits per heavy atom. The Morgan fingerprint density at radius 3 is 2.44 bits per heavy atom. The van der Waals surface area contributed by atoms with Crippen LogP contribution in [-0.4, -0.2) is 24.3 Å². The fourth-order valence-corrected chi connectivity index (χ4v) is 1.54. The molecule has 0 aliphatic carbocycles. The number of para-hydroxylation sites is 1. The van der Waals surface area contributed by atoms with Crippen LogP contribution in [0.2, 0.25) is 0 Å². The number of halogens is 1. The Bertz CT molecular complexity index is 327. The first-order chi connectivity index (χ1) is 7.56. The van der Waals surface area contributed by atoms with Crippen molar-refractivity contribution in [1.29, 1.82) is 0 Å². The maximum Gasteiger partial charge on any atom is 0.146 e. The second-order valence-corrected chi connectivity index (χ2v) is 4.30. The normalized spacial score (nSPS) is 12.9. The minimum atomic E-state index is -0.431. The molecule has 0 bridgehead atoms. The van der Waals surface area contributed by atoms with Crippen molar-refractivity contribution in [1.82, 2.24) is 0 Å². The van der Waals surface area contributed by atoms with Gasteiger partial charge in [-0.25, -0.2) is 4.39 Å². The molecule has 16 heavy (non-hydrogen) atoms. The first-order valence-corrected chi connectivity index (χ1v) is 5.73. The Hall–Kier alpha value is -1.09. The average Bonchev–Trinajstić information content (AvgIpc) is 2.26. The molecule has 0 amide bonds. The lowest BCUT2D eigenvalue weighted by molar-refractivity contribution is 0.131. The molecule has 0 spiro atoms. The summed E-state index contributed by atoms with van der Waals surface area (Å²) in [6, 6.07) is 6.67. The summed E-state index contributed by atoms with van der Waals surface area (Å²) in [4.78, 5) is 1.86. The van der Waals surface area contributed by atoms with Crippen LogP contribution in [-0.2, 0) is 0 Å². The van der Waals surface area contributed by atoms with Gasteiger partial charge in [0.15, 0.2) is 0 Å². The number of nitrogens with zero attached hydrogens (tertiary/aromatic N) is 1. The van der Waals surface area contributed by atoms with Crippen LogP contribution in [0.4, 0.5) is 10.1 Å². The van der Waals surface area contributed by atoms with Crippen LogP contribution < -0.4 is 4.90 Å². The fraction of sp³-hybridized carbons (Fsp3) is 0.538. The van der Waals surface area contributed by atoms with Gasteiger partial charge in [0.1, 0.15) is 5.82 Å². The van der Waals surface area contributed by atoms with E-state index in [9.17, 15) is 9.50 Å². The molecular weight excluding hydrogens is 205 g/mol. The smallest absolute Gasteiger partial charge is 0.146 e. The number of rotatable bonds is 5. The summed E-state index contributed by atoms with van der Waals surface area (Å²) in [5.41, 5.74) is 0.560. The van der Waals surface area contributed by atoms with Crippen molar-refractivity contribution in [2.45, 2.75) is 26.9 Å². The van der Waals surface area contributed by atoms with Crippen LogP contribution in [0.25, 0.3) is 0 Å². The molecule has 0 fully saturated rings. The highest BCUT2D eigenvalue weighted by atomic mass is 19.1. The van der Waals surface area contributed by atoms with Gasteiger partial charge in [0.05, 0.1) is 11.8 Å². The molecule has 1 aromatic rings. The standard InChI is InChI=1S/C13H20FNO/c1-4-15(9-13(16)10(2)3)12-8-6-5-7-11(12)14/h5-8,10,13,16H,4,9H2,1-3H3. The van der Waals surface area contributed by atoms with Gasteiger partial charge < -0.3 is 10.0 Å². The molecule has 0 saturated heterocycles. The molecule has 1 aromatic carbocycles. The minimum absolute atomic E-state index is 0.181. The van der Waals surface area contributed by atoms with Crippen molar-refractivity contribution in [3.63, 3.8) is 0 Å². The van der Waals surface area contributed by atoms with Gasteiger partial charge >= 0.3 is 0 Å². The summed E-state index contributed by atoms with van der Waals surface area (Å²) in [6.45, 7) is 7.03. The second kappa shape index (κ2) is 5.85. The van der Waals surface area contributed by atoms with Crippen molar-refractivity contribution in [3.8, 4) is 0 Å². The van der Waals surface area contributed by atoms with Gasteiger partial charge in [-0.3, -0.25) is 0 Å². The lowest BCUT2D eigenvalue weighted by atomic mass is 10.1. The van der Waals surface area contributed by atoms with Crippen LogP contribution in [0.5, 0.6) is 0 Å². The first-order valence-electron chi connectivity index (χ1n) is 5.73. The number of likely N-dealkylation sites (N-methyl/N-ethyl adjacent to an activating group) is 1. The molecule has 1 N–H and O–H groups in total. The molecule has 3 heteroatoms. The number of hydrogen-bond acceptors (Lipinski definition) is 2. The van der Waals surface area contributed by atoms with Crippen LogP contribution >= 0.6 is 0 Å². The van der Waals surface area contributed by atoms with E-state index < -0.39 is 6.10 Å². The summed E-state index contributed by atoms with van der Waals surface area (Å²) >= 11 is 0. The third-order valence-electron chi connectivity index (χ3n) is 2.75. The number of hydrogen-bond donors (Lipinski definition) is 1. The van der Waals surface area contributed by atoms with E-state index in [0.29, 0.717) is 18.8 Å². The molecule has 0 saturated carbocycles. The van der Waals surface area contributed by atoms with Gasteiger partial charge in [0, 0.05) is 13.1 Å². The van der Waals surface area contributed by atoms with Crippen LogP contribution in [0.3, 0.4) is 0 Å². The molecule has 0 heterocycles. The van der Waals surface area contributed by atoms with Gasteiger partial charge in [-0.15, -0.1) is 0 Å². The quantitative estimate of drug-likeness (QED) is 0.832. The third-order valence-corrected chi connectivity index (χ3v) is 2.75. The SMILES string of the molecule is CCN(CC(O)C(C)C)c1ccccc1F. The van der Waals surface area contributed by atoms with E-state index in [1.165, 1.54) is 6.07 Å². The second-order valence-electron chi connectivity index (χ2n) is 4.30. The lowest BCUT2D eigenvalue weighted by Gasteiger charge is -2.27. The molecule has 1 unspecified atom stereocenters. The van der Waals surface area contributed by atoms with Crippen molar-refractivity contribution in [2.24, 2.45) is 5.92 Å². The third kappa shape index (κ3) is 3.20. The van der Waals surface area contributed by atoms with Crippen LogP contribution in [0.15, 0.2) is 24.3 Å². The topological polar surface area (TPSA) is 23.5 Å². The number of aliphatic hydroxyl groups is 1. The molecule has 2 nitrogen and oxygen atoms in total.